The van der Waals surface area contributed by atoms with E-state index >= 15 is 0 Å². The molecule has 0 aliphatic carbocycles. The molecule has 0 amide bonds. The molecule has 1 fully saturated rings. The highest BCUT2D eigenvalue weighted by Crippen LogP contribution is 2.27. The van der Waals surface area contributed by atoms with E-state index in [1.807, 2.05) is 20.9 Å². The number of rotatable bonds is 2. The second-order valence-electron chi connectivity index (χ2n) is 4.30. The first-order valence-electron chi connectivity index (χ1n) is 4.79. The molecule has 0 bridgehead atoms. The smallest absolute Gasteiger partial charge is 0.174 e. The average molecular weight is 193 g/mol. The molecule has 76 valence electrons. The van der Waals surface area contributed by atoms with Crippen molar-refractivity contribution in [2.45, 2.75) is 13.8 Å². The van der Waals surface area contributed by atoms with Gasteiger partial charge in [-0.05, 0) is 13.8 Å². The first kappa shape index (κ1) is 9.40. The predicted molar refractivity (Wildman–Crippen MR) is 53.3 cm³/mol. The van der Waals surface area contributed by atoms with Crippen LogP contribution in [0.5, 0.6) is 0 Å². The second-order valence-corrected chi connectivity index (χ2v) is 4.30. The summed E-state index contributed by atoms with van der Waals surface area (Å²) in [7, 11) is 1.84. The Balaban J connectivity index is 2.31. The lowest BCUT2D eigenvalue weighted by Crippen LogP contribution is -2.56. The lowest BCUT2D eigenvalue weighted by molar-refractivity contribution is 0.0721. The molecule has 1 N–H and O–H groups in total. The topological polar surface area (TPSA) is 46.9 Å². The van der Waals surface area contributed by atoms with Gasteiger partial charge in [0.05, 0.1) is 16.7 Å². The minimum Gasteiger partial charge on any atom is -0.315 e. The van der Waals surface area contributed by atoms with Crippen molar-refractivity contribution in [2.75, 3.05) is 13.1 Å². The molecule has 4 heteroatoms. The lowest BCUT2D eigenvalue weighted by atomic mass is 9.77. The van der Waals surface area contributed by atoms with Gasteiger partial charge in [0.1, 0.15) is 0 Å². The summed E-state index contributed by atoms with van der Waals surface area (Å²) in [6, 6.07) is 0. The van der Waals surface area contributed by atoms with Gasteiger partial charge in [0.2, 0.25) is 0 Å². The van der Waals surface area contributed by atoms with E-state index in [2.05, 4.69) is 10.4 Å². The number of ketones is 1. The van der Waals surface area contributed by atoms with Crippen LogP contribution < -0.4 is 5.32 Å². The molecule has 1 aliphatic heterocycles. The zero-order valence-electron chi connectivity index (χ0n) is 8.79. The summed E-state index contributed by atoms with van der Waals surface area (Å²) >= 11 is 0. The van der Waals surface area contributed by atoms with Crippen LogP contribution in [0.15, 0.2) is 6.20 Å². The van der Waals surface area contributed by atoms with E-state index in [0.29, 0.717) is 0 Å². The van der Waals surface area contributed by atoms with Crippen molar-refractivity contribution < 1.29 is 4.79 Å². The Morgan fingerprint density at radius 3 is 2.64 bits per heavy atom. The van der Waals surface area contributed by atoms with Crippen molar-refractivity contribution >= 4 is 5.78 Å². The molecule has 4 nitrogen and oxygen atoms in total. The number of carbonyl (C=O) groups excluding carboxylic acids is 1. The number of hydrogen-bond donors (Lipinski definition) is 1. The first-order valence-corrected chi connectivity index (χ1v) is 4.79. The molecule has 2 heterocycles. The molecule has 1 aliphatic rings. The molecule has 0 unspecified atom stereocenters. The van der Waals surface area contributed by atoms with Gasteiger partial charge in [0, 0.05) is 26.3 Å². The van der Waals surface area contributed by atoms with Crippen molar-refractivity contribution in [2.24, 2.45) is 12.5 Å². The third-order valence-corrected chi connectivity index (χ3v) is 2.84. The van der Waals surface area contributed by atoms with Crippen LogP contribution in [0, 0.1) is 12.3 Å². The van der Waals surface area contributed by atoms with E-state index in [1.165, 1.54) is 0 Å². The molecule has 0 aromatic carbocycles. The van der Waals surface area contributed by atoms with Crippen LogP contribution in [-0.4, -0.2) is 28.7 Å². The summed E-state index contributed by atoms with van der Waals surface area (Å²) in [5.74, 6) is 0.210. The zero-order valence-corrected chi connectivity index (χ0v) is 8.79. The predicted octanol–water partition coefficient (Wildman–Crippen LogP) is 0.521. The number of aromatic nitrogens is 2. The van der Waals surface area contributed by atoms with Gasteiger partial charge in [0.25, 0.3) is 0 Å². The summed E-state index contributed by atoms with van der Waals surface area (Å²) in [6.07, 6.45) is 1.81. The van der Waals surface area contributed by atoms with Gasteiger partial charge in [-0.2, -0.15) is 5.10 Å². The highest BCUT2D eigenvalue weighted by atomic mass is 16.1. The number of nitrogens with zero attached hydrogens (tertiary/aromatic N) is 2. The van der Waals surface area contributed by atoms with E-state index in [0.717, 1.165) is 24.3 Å². The Hall–Kier alpha value is -1.16. The van der Waals surface area contributed by atoms with Gasteiger partial charge in [-0.15, -0.1) is 0 Å². The van der Waals surface area contributed by atoms with Gasteiger partial charge in [-0.1, -0.05) is 0 Å². The average Bonchev–Trinajstić information content (AvgIpc) is 2.40. The van der Waals surface area contributed by atoms with Crippen molar-refractivity contribution in [3.8, 4) is 0 Å². The Morgan fingerprint density at radius 1 is 1.64 bits per heavy atom. The second kappa shape index (κ2) is 2.92. The molecule has 0 spiro atoms. The number of nitrogens with one attached hydrogen (secondary N) is 1. The molecular weight excluding hydrogens is 178 g/mol. The molecular formula is C10H15N3O. The zero-order chi connectivity index (χ0) is 10.3. The maximum atomic E-state index is 12.1. The number of Topliss-reactive ketones (excluding diaryl/α,β-unsaturated/α-hetero) is 1. The highest BCUT2D eigenvalue weighted by molar-refractivity contribution is 6.01. The fraction of sp³-hybridized carbons (Fsp3) is 0.600. The molecule has 1 aromatic heterocycles. The summed E-state index contributed by atoms with van der Waals surface area (Å²) in [4.78, 5) is 12.1. The molecule has 2 rings (SSSR count). The first-order chi connectivity index (χ1) is 6.53. The summed E-state index contributed by atoms with van der Waals surface area (Å²) in [5, 5.41) is 7.31. The maximum Gasteiger partial charge on any atom is 0.174 e. The number of carbonyl (C=O) groups is 1. The van der Waals surface area contributed by atoms with Crippen molar-refractivity contribution in [1.29, 1.82) is 0 Å². The Kier molecular flexibility index (Phi) is 1.96. The highest BCUT2D eigenvalue weighted by Gasteiger charge is 2.40. The fourth-order valence-electron chi connectivity index (χ4n) is 1.81. The van der Waals surface area contributed by atoms with Crippen LogP contribution in [0.3, 0.4) is 0 Å². The number of aryl methyl sites for hydroxylation is 2. The molecule has 0 radical (unpaired) electrons. The molecule has 1 saturated heterocycles. The Morgan fingerprint density at radius 2 is 2.29 bits per heavy atom. The van der Waals surface area contributed by atoms with Gasteiger partial charge in [0.15, 0.2) is 5.78 Å². The Labute approximate surface area is 83.3 Å². The molecule has 1 aromatic rings. The van der Waals surface area contributed by atoms with Gasteiger partial charge in [-0.3, -0.25) is 9.48 Å². The largest absolute Gasteiger partial charge is 0.315 e. The fourth-order valence-corrected chi connectivity index (χ4v) is 1.81. The maximum absolute atomic E-state index is 12.1. The van der Waals surface area contributed by atoms with E-state index in [9.17, 15) is 4.79 Å². The van der Waals surface area contributed by atoms with E-state index < -0.39 is 0 Å². The summed E-state index contributed by atoms with van der Waals surface area (Å²) in [5.41, 5.74) is 1.37. The molecule has 0 saturated carbocycles. The van der Waals surface area contributed by atoms with Crippen molar-refractivity contribution in [3.63, 3.8) is 0 Å². The van der Waals surface area contributed by atoms with Crippen molar-refractivity contribution in [3.05, 3.63) is 17.5 Å². The van der Waals surface area contributed by atoms with Crippen LogP contribution in [0.1, 0.15) is 23.0 Å². The SMILES string of the molecule is Cc1nn(C)cc1C(=O)C1(C)CNC1. The third kappa shape index (κ3) is 1.26. The Bertz CT molecular complexity index is 377. The normalized spacial score (nSPS) is 19.1. The summed E-state index contributed by atoms with van der Waals surface area (Å²) < 4.78 is 1.69. The van der Waals surface area contributed by atoms with Gasteiger partial charge in [-0.25, -0.2) is 0 Å². The molecule has 0 atom stereocenters. The quantitative estimate of drug-likeness (QED) is 0.697. The lowest BCUT2D eigenvalue weighted by Gasteiger charge is -2.37. The van der Waals surface area contributed by atoms with E-state index in [-0.39, 0.29) is 11.2 Å². The minimum absolute atomic E-state index is 0.210. The standard InChI is InChI=1S/C10H15N3O/c1-7-8(4-13(3)12-7)9(14)10(2)5-11-6-10/h4,11H,5-6H2,1-3H3. The van der Waals surface area contributed by atoms with E-state index in [4.69, 9.17) is 0 Å². The van der Waals surface area contributed by atoms with Crippen molar-refractivity contribution in [1.82, 2.24) is 15.1 Å². The van der Waals surface area contributed by atoms with E-state index in [1.54, 1.807) is 10.9 Å². The van der Waals surface area contributed by atoms with Crippen LogP contribution >= 0.6 is 0 Å². The van der Waals surface area contributed by atoms with Gasteiger partial charge >= 0.3 is 0 Å². The van der Waals surface area contributed by atoms with Crippen LogP contribution in [0.2, 0.25) is 0 Å². The van der Waals surface area contributed by atoms with Crippen LogP contribution in [0.4, 0.5) is 0 Å². The number of hydrogen-bond acceptors (Lipinski definition) is 3. The minimum atomic E-state index is -0.214. The summed E-state index contributed by atoms with van der Waals surface area (Å²) in [6.45, 7) is 5.43. The molecule has 14 heavy (non-hydrogen) atoms. The van der Waals surface area contributed by atoms with Gasteiger partial charge < -0.3 is 5.32 Å². The van der Waals surface area contributed by atoms with Crippen LogP contribution in [-0.2, 0) is 7.05 Å². The third-order valence-electron chi connectivity index (χ3n) is 2.84. The van der Waals surface area contributed by atoms with Crippen LogP contribution in [0.25, 0.3) is 0 Å². The monoisotopic (exact) mass is 193 g/mol.